The molecule has 1 aromatic rings. The molecular formula is C22H38ClIN4O2. The summed E-state index contributed by atoms with van der Waals surface area (Å²) in [6, 6.07) is 8.36. The van der Waals surface area contributed by atoms with Crippen LogP contribution < -0.4 is 10.6 Å². The van der Waals surface area contributed by atoms with Crippen LogP contribution in [0.5, 0.6) is 0 Å². The van der Waals surface area contributed by atoms with Gasteiger partial charge in [-0.25, -0.2) is 0 Å². The molecule has 6 nitrogen and oxygen atoms in total. The van der Waals surface area contributed by atoms with Crippen molar-refractivity contribution in [2.45, 2.75) is 45.3 Å². The Morgan fingerprint density at radius 2 is 2.00 bits per heavy atom. The van der Waals surface area contributed by atoms with Gasteiger partial charge in [0.15, 0.2) is 5.96 Å². The van der Waals surface area contributed by atoms with E-state index in [-0.39, 0.29) is 35.6 Å². The second-order valence-electron chi connectivity index (χ2n) is 7.93. The zero-order valence-electron chi connectivity index (χ0n) is 18.7. The molecule has 0 saturated carbocycles. The maximum Gasteiger partial charge on any atom is 0.191 e. The Bertz CT molecular complexity index is 628. The van der Waals surface area contributed by atoms with E-state index >= 15 is 0 Å². The van der Waals surface area contributed by atoms with Crippen LogP contribution in [0.1, 0.15) is 45.2 Å². The normalized spacial score (nSPS) is 17.8. The maximum atomic E-state index is 6.11. The third-order valence-corrected chi connectivity index (χ3v) is 5.30. The van der Waals surface area contributed by atoms with Gasteiger partial charge in [0, 0.05) is 51.5 Å². The van der Waals surface area contributed by atoms with Crippen molar-refractivity contribution in [2.24, 2.45) is 4.99 Å². The standard InChI is InChI=1S/C22H37ClN4O2.HI/c1-5-28-14-7-6-12-25-21(24-4)26-16-20(18-8-10-19(23)11-9-18)27-13-15-29-22(2,3)17-27;/h8-11,20H,5-7,12-17H2,1-4H3,(H2,24,25,26);1H. The van der Waals surface area contributed by atoms with Gasteiger partial charge in [-0.3, -0.25) is 9.89 Å². The minimum absolute atomic E-state index is 0. The number of rotatable bonds is 10. The fourth-order valence-corrected chi connectivity index (χ4v) is 3.68. The van der Waals surface area contributed by atoms with Crippen molar-refractivity contribution < 1.29 is 9.47 Å². The summed E-state index contributed by atoms with van der Waals surface area (Å²) in [6.07, 6.45) is 2.10. The van der Waals surface area contributed by atoms with Crippen LogP contribution in [0.2, 0.25) is 5.02 Å². The average Bonchev–Trinajstić information content (AvgIpc) is 2.69. The van der Waals surface area contributed by atoms with Gasteiger partial charge in [-0.1, -0.05) is 23.7 Å². The first-order valence-corrected chi connectivity index (χ1v) is 11.0. The van der Waals surface area contributed by atoms with Gasteiger partial charge in [-0.2, -0.15) is 0 Å². The number of hydrogen-bond acceptors (Lipinski definition) is 4. The van der Waals surface area contributed by atoms with Crippen LogP contribution in [0.4, 0.5) is 0 Å². The van der Waals surface area contributed by atoms with Crippen LogP contribution in [0.25, 0.3) is 0 Å². The first-order valence-electron chi connectivity index (χ1n) is 10.6. The SMILES string of the molecule is CCOCCCCNC(=NC)NCC(c1ccc(Cl)cc1)N1CCOC(C)(C)C1.I. The molecule has 0 aromatic heterocycles. The number of unbranched alkanes of at least 4 members (excludes halogenated alkanes) is 1. The molecule has 2 rings (SSSR count). The van der Waals surface area contributed by atoms with Gasteiger partial charge in [0.05, 0.1) is 18.2 Å². The monoisotopic (exact) mass is 552 g/mol. The number of halogens is 2. The summed E-state index contributed by atoms with van der Waals surface area (Å²) in [5, 5.41) is 7.66. The Morgan fingerprint density at radius 3 is 2.63 bits per heavy atom. The lowest BCUT2D eigenvalue weighted by Gasteiger charge is -2.42. The van der Waals surface area contributed by atoms with E-state index in [4.69, 9.17) is 21.1 Å². The summed E-state index contributed by atoms with van der Waals surface area (Å²) in [4.78, 5) is 6.86. The lowest BCUT2D eigenvalue weighted by molar-refractivity contribution is -0.0971. The molecule has 0 amide bonds. The quantitative estimate of drug-likeness (QED) is 0.198. The van der Waals surface area contributed by atoms with E-state index in [9.17, 15) is 0 Å². The van der Waals surface area contributed by atoms with E-state index < -0.39 is 0 Å². The van der Waals surface area contributed by atoms with Gasteiger partial charge < -0.3 is 20.1 Å². The molecule has 0 radical (unpaired) electrons. The Hall–Kier alpha value is -0.610. The van der Waals surface area contributed by atoms with Crippen molar-refractivity contribution in [3.63, 3.8) is 0 Å². The fraction of sp³-hybridized carbons (Fsp3) is 0.682. The molecule has 1 atom stereocenters. The van der Waals surface area contributed by atoms with Crippen LogP contribution in [-0.4, -0.2) is 69.5 Å². The molecule has 1 saturated heterocycles. The molecule has 0 bridgehead atoms. The van der Waals surface area contributed by atoms with Gasteiger partial charge in [-0.15, -0.1) is 24.0 Å². The zero-order chi connectivity index (χ0) is 21.1. The summed E-state index contributed by atoms with van der Waals surface area (Å²) >= 11 is 6.11. The number of ether oxygens (including phenoxy) is 2. The lowest BCUT2D eigenvalue weighted by atomic mass is 10.0. The summed E-state index contributed by atoms with van der Waals surface area (Å²) in [5.41, 5.74) is 1.09. The Labute approximate surface area is 204 Å². The van der Waals surface area contributed by atoms with Crippen molar-refractivity contribution in [1.82, 2.24) is 15.5 Å². The summed E-state index contributed by atoms with van der Waals surface area (Å²) in [5.74, 6) is 0.827. The predicted octanol–water partition coefficient (Wildman–Crippen LogP) is 4.09. The minimum atomic E-state index is -0.149. The minimum Gasteiger partial charge on any atom is -0.382 e. The van der Waals surface area contributed by atoms with Crippen LogP contribution in [0.15, 0.2) is 29.3 Å². The summed E-state index contributed by atoms with van der Waals surface area (Å²) in [7, 11) is 1.81. The number of hydrogen-bond donors (Lipinski definition) is 2. The molecule has 1 heterocycles. The molecule has 0 aliphatic carbocycles. The van der Waals surface area contributed by atoms with Gasteiger partial charge in [-0.05, 0) is 51.3 Å². The van der Waals surface area contributed by atoms with E-state index in [2.05, 4.69) is 46.5 Å². The Balaban J connectivity index is 0.00000450. The smallest absolute Gasteiger partial charge is 0.191 e. The highest BCUT2D eigenvalue weighted by molar-refractivity contribution is 14.0. The number of nitrogens with zero attached hydrogens (tertiary/aromatic N) is 2. The molecule has 0 spiro atoms. The summed E-state index contributed by atoms with van der Waals surface area (Å²) in [6.45, 7) is 12.1. The number of benzene rings is 1. The second kappa shape index (κ2) is 14.5. The van der Waals surface area contributed by atoms with E-state index in [1.807, 2.05) is 26.1 Å². The number of guanidine groups is 1. The summed E-state index contributed by atoms with van der Waals surface area (Å²) < 4.78 is 11.3. The number of morpholine rings is 1. The highest BCUT2D eigenvalue weighted by Gasteiger charge is 2.32. The van der Waals surface area contributed by atoms with Crippen molar-refractivity contribution in [3.8, 4) is 0 Å². The molecule has 1 fully saturated rings. The molecular weight excluding hydrogens is 515 g/mol. The predicted molar refractivity (Wildman–Crippen MR) is 136 cm³/mol. The first kappa shape index (κ1) is 27.4. The van der Waals surface area contributed by atoms with Crippen LogP contribution >= 0.6 is 35.6 Å². The largest absolute Gasteiger partial charge is 0.382 e. The highest BCUT2D eigenvalue weighted by atomic mass is 127. The zero-order valence-corrected chi connectivity index (χ0v) is 21.8. The molecule has 2 N–H and O–H groups in total. The molecule has 1 aromatic carbocycles. The van der Waals surface area contributed by atoms with E-state index in [0.717, 1.165) is 69.8 Å². The lowest BCUT2D eigenvalue weighted by Crippen LogP contribution is -2.52. The fourth-order valence-electron chi connectivity index (χ4n) is 3.56. The first-order chi connectivity index (χ1) is 13.9. The topological polar surface area (TPSA) is 58.1 Å². The third-order valence-electron chi connectivity index (χ3n) is 5.05. The Kier molecular flexibility index (Phi) is 13.2. The van der Waals surface area contributed by atoms with Crippen LogP contribution in [0, 0.1) is 0 Å². The Morgan fingerprint density at radius 1 is 1.27 bits per heavy atom. The highest BCUT2D eigenvalue weighted by Crippen LogP contribution is 2.27. The maximum absolute atomic E-state index is 6.11. The second-order valence-corrected chi connectivity index (χ2v) is 8.37. The van der Waals surface area contributed by atoms with E-state index in [1.54, 1.807) is 0 Å². The number of aliphatic imine (C=N–C) groups is 1. The molecule has 1 aliphatic heterocycles. The van der Waals surface area contributed by atoms with Gasteiger partial charge >= 0.3 is 0 Å². The van der Waals surface area contributed by atoms with E-state index in [1.165, 1.54) is 5.56 Å². The van der Waals surface area contributed by atoms with Crippen molar-refractivity contribution in [2.75, 3.05) is 53.0 Å². The molecule has 1 unspecified atom stereocenters. The molecule has 30 heavy (non-hydrogen) atoms. The van der Waals surface area contributed by atoms with E-state index in [0.29, 0.717) is 0 Å². The number of nitrogens with one attached hydrogen (secondary N) is 2. The van der Waals surface area contributed by atoms with Gasteiger partial charge in [0.25, 0.3) is 0 Å². The molecule has 8 heteroatoms. The van der Waals surface area contributed by atoms with Gasteiger partial charge in [0.2, 0.25) is 0 Å². The molecule has 1 aliphatic rings. The van der Waals surface area contributed by atoms with Crippen molar-refractivity contribution in [1.29, 1.82) is 0 Å². The molecule has 172 valence electrons. The van der Waals surface area contributed by atoms with Crippen LogP contribution in [-0.2, 0) is 9.47 Å². The van der Waals surface area contributed by atoms with Crippen molar-refractivity contribution >= 4 is 41.5 Å². The average molecular weight is 553 g/mol. The third kappa shape index (κ3) is 9.68. The van der Waals surface area contributed by atoms with Crippen molar-refractivity contribution in [3.05, 3.63) is 34.9 Å². The van der Waals surface area contributed by atoms with Gasteiger partial charge in [0.1, 0.15) is 0 Å². The van der Waals surface area contributed by atoms with Crippen LogP contribution in [0.3, 0.4) is 0 Å².